The molecule has 0 aliphatic heterocycles. The van der Waals surface area contributed by atoms with Gasteiger partial charge in [-0.25, -0.2) is 0 Å². The lowest BCUT2D eigenvalue weighted by Crippen LogP contribution is -2.11. The summed E-state index contributed by atoms with van der Waals surface area (Å²) in [5.74, 6) is 0.608. The van der Waals surface area contributed by atoms with Crippen molar-refractivity contribution < 1.29 is 9.53 Å². The first-order valence-electron chi connectivity index (χ1n) is 6.89. The fourth-order valence-corrected chi connectivity index (χ4v) is 1.79. The third-order valence-electron chi connectivity index (χ3n) is 2.89. The van der Waals surface area contributed by atoms with Crippen molar-refractivity contribution >= 4 is 11.6 Å². The number of hydrogen-bond donors (Lipinski definition) is 1. The van der Waals surface area contributed by atoms with Gasteiger partial charge < -0.3 is 10.1 Å². The second kappa shape index (κ2) is 7.34. The number of amides is 1. The van der Waals surface area contributed by atoms with E-state index < -0.39 is 0 Å². The zero-order valence-electron chi connectivity index (χ0n) is 11.6. The number of ether oxygens (including phenoxy) is 1. The van der Waals surface area contributed by atoms with Crippen molar-refractivity contribution in [1.29, 1.82) is 0 Å². The van der Waals surface area contributed by atoms with Crippen molar-refractivity contribution in [3.63, 3.8) is 0 Å². The Labute approximate surface area is 119 Å². The van der Waals surface area contributed by atoms with Crippen LogP contribution in [0.3, 0.4) is 0 Å². The maximum absolute atomic E-state index is 12.1. The number of para-hydroxylation sites is 1. The van der Waals surface area contributed by atoms with E-state index in [1.54, 1.807) is 12.1 Å². The highest BCUT2D eigenvalue weighted by molar-refractivity contribution is 6.04. The molecule has 0 heterocycles. The van der Waals surface area contributed by atoms with E-state index in [4.69, 9.17) is 4.74 Å². The minimum Gasteiger partial charge on any atom is -0.494 e. The molecule has 0 unspecified atom stereocenters. The molecule has 2 aromatic carbocycles. The van der Waals surface area contributed by atoms with E-state index in [-0.39, 0.29) is 5.91 Å². The van der Waals surface area contributed by atoms with Crippen LogP contribution < -0.4 is 10.1 Å². The number of carbonyl (C=O) groups is 1. The van der Waals surface area contributed by atoms with Crippen LogP contribution in [0.5, 0.6) is 5.75 Å². The average molecular weight is 269 g/mol. The van der Waals surface area contributed by atoms with Gasteiger partial charge in [0.15, 0.2) is 0 Å². The highest BCUT2D eigenvalue weighted by Gasteiger charge is 2.07. The van der Waals surface area contributed by atoms with Gasteiger partial charge in [0.2, 0.25) is 0 Å². The summed E-state index contributed by atoms with van der Waals surface area (Å²) in [6.45, 7) is 2.80. The Morgan fingerprint density at radius 2 is 1.90 bits per heavy atom. The van der Waals surface area contributed by atoms with Crippen LogP contribution in [0.2, 0.25) is 0 Å². The summed E-state index contributed by atoms with van der Waals surface area (Å²) < 4.78 is 5.61. The van der Waals surface area contributed by atoms with E-state index in [0.29, 0.717) is 12.2 Å². The van der Waals surface area contributed by atoms with Crippen LogP contribution in [0.15, 0.2) is 54.6 Å². The van der Waals surface area contributed by atoms with Crippen LogP contribution in [-0.2, 0) is 0 Å². The average Bonchev–Trinajstić information content (AvgIpc) is 2.49. The Bertz CT molecular complexity index is 552. The Morgan fingerprint density at radius 3 is 2.65 bits per heavy atom. The van der Waals surface area contributed by atoms with E-state index in [9.17, 15) is 4.79 Å². The number of hydrogen-bond acceptors (Lipinski definition) is 2. The summed E-state index contributed by atoms with van der Waals surface area (Å²) >= 11 is 0. The van der Waals surface area contributed by atoms with E-state index in [2.05, 4.69) is 12.2 Å². The number of unbranched alkanes of at least 4 members (excludes halogenated alkanes) is 1. The summed E-state index contributed by atoms with van der Waals surface area (Å²) in [7, 11) is 0. The summed E-state index contributed by atoms with van der Waals surface area (Å²) in [5.41, 5.74) is 1.39. The van der Waals surface area contributed by atoms with Crippen molar-refractivity contribution in [3.05, 3.63) is 60.2 Å². The number of benzene rings is 2. The predicted octanol–water partition coefficient (Wildman–Crippen LogP) is 4.12. The minimum atomic E-state index is -0.128. The molecule has 0 saturated carbocycles. The predicted molar refractivity (Wildman–Crippen MR) is 81.2 cm³/mol. The van der Waals surface area contributed by atoms with Crippen molar-refractivity contribution in [2.24, 2.45) is 0 Å². The molecule has 0 spiro atoms. The molecule has 0 saturated heterocycles. The third-order valence-corrected chi connectivity index (χ3v) is 2.89. The molecule has 0 aliphatic carbocycles. The minimum absolute atomic E-state index is 0.128. The molecule has 0 bridgehead atoms. The van der Waals surface area contributed by atoms with E-state index in [1.807, 2.05) is 42.5 Å². The number of carbonyl (C=O) groups excluding carboxylic acids is 1. The van der Waals surface area contributed by atoms with Crippen LogP contribution in [0, 0.1) is 0 Å². The standard InChI is InChI=1S/C17H19NO2/c1-2-3-12-20-16-11-7-8-14(13-16)17(19)18-15-9-5-4-6-10-15/h4-11,13H,2-3,12H2,1H3,(H,18,19). The topological polar surface area (TPSA) is 38.3 Å². The number of rotatable bonds is 6. The summed E-state index contributed by atoms with van der Waals surface area (Å²) in [6.07, 6.45) is 2.11. The molecule has 0 aromatic heterocycles. The molecular weight excluding hydrogens is 250 g/mol. The molecule has 0 radical (unpaired) electrons. The second-order valence-corrected chi connectivity index (χ2v) is 4.55. The van der Waals surface area contributed by atoms with E-state index in [1.165, 1.54) is 0 Å². The largest absolute Gasteiger partial charge is 0.494 e. The molecule has 0 aliphatic rings. The second-order valence-electron chi connectivity index (χ2n) is 4.55. The zero-order valence-corrected chi connectivity index (χ0v) is 11.6. The molecule has 3 nitrogen and oxygen atoms in total. The smallest absolute Gasteiger partial charge is 0.255 e. The third kappa shape index (κ3) is 4.12. The van der Waals surface area contributed by atoms with Gasteiger partial charge in [-0.3, -0.25) is 4.79 Å². The first-order chi connectivity index (χ1) is 9.79. The molecule has 1 amide bonds. The maximum atomic E-state index is 12.1. The first-order valence-corrected chi connectivity index (χ1v) is 6.89. The summed E-state index contributed by atoms with van der Waals surface area (Å²) in [4.78, 5) is 12.1. The monoisotopic (exact) mass is 269 g/mol. The van der Waals surface area contributed by atoms with Crippen molar-refractivity contribution in [2.45, 2.75) is 19.8 Å². The molecule has 20 heavy (non-hydrogen) atoms. The van der Waals surface area contributed by atoms with Crippen LogP contribution >= 0.6 is 0 Å². The highest BCUT2D eigenvalue weighted by atomic mass is 16.5. The number of nitrogens with one attached hydrogen (secondary N) is 1. The Kier molecular flexibility index (Phi) is 5.18. The van der Waals surface area contributed by atoms with E-state index in [0.717, 1.165) is 24.3 Å². The van der Waals surface area contributed by atoms with Gasteiger partial charge in [0.25, 0.3) is 5.91 Å². The van der Waals surface area contributed by atoms with Gasteiger partial charge in [-0.05, 0) is 36.8 Å². The van der Waals surface area contributed by atoms with Crippen LogP contribution in [0.25, 0.3) is 0 Å². The SMILES string of the molecule is CCCCOc1cccc(C(=O)Nc2ccccc2)c1. The first kappa shape index (κ1) is 14.1. The summed E-state index contributed by atoms with van der Waals surface area (Å²) in [5, 5.41) is 2.86. The Balaban J connectivity index is 2.01. The van der Waals surface area contributed by atoms with Gasteiger partial charge in [-0.15, -0.1) is 0 Å². The van der Waals surface area contributed by atoms with Crippen molar-refractivity contribution in [1.82, 2.24) is 0 Å². The van der Waals surface area contributed by atoms with Gasteiger partial charge in [0.05, 0.1) is 6.61 Å². The van der Waals surface area contributed by atoms with Gasteiger partial charge in [0, 0.05) is 11.3 Å². The fraction of sp³-hybridized carbons (Fsp3) is 0.235. The normalized spacial score (nSPS) is 10.1. The Morgan fingerprint density at radius 1 is 1.10 bits per heavy atom. The number of anilines is 1. The van der Waals surface area contributed by atoms with Gasteiger partial charge in [-0.2, -0.15) is 0 Å². The summed E-state index contributed by atoms with van der Waals surface area (Å²) in [6, 6.07) is 16.7. The molecule has 104 valence electrons. The van der Waals surface area contributed by atoms with Gasteiger partial charge in [-0.1, -0.05) is 37.6 Å². The molecule has 2 aromatic rings. The zero-order chi connectivity index (χ0) is 14.2. The molecule has 3 heteroatoms. The van der Waals surface area contributed by atoms with Gasteiger partial charge >= 0.3 is 0 Å². The molecule has 0 atom stereocenters. The van der Waals surface area contributed by atoms with Gasteiger partial charge in [0.1, 0.15) is 5.75 Å². The molecule has 2 rings (SSSR count). The lowest BCUT2D eigenvalue weighted by molar-refractivity contribution is 0.102. The Hall–Kier alpha value is -2.29. The van der Waals surface area contributed by atoms with Crippen molar-refractivity contribution in [2.75, 3.05) is 11.9 Å². The van der Waals surface area contributed by atoms with Crippen LogP contribution in [0.1, 0.15) is 30.1 Å². The fourth-order valence-electron chi connectivity index (χ4n) is 1.79. The highest BCUT2D eigenvalue weighted by Crippen LogP contribution is 2.15. The molecule has 1 N–H and O–H groups in total. The maximum Gasteiger partial charge on any atom is 0.255 e. The molecular formula is C17H19NO2. The quantitative estimate of drug-likeness (QED) is 0.801. The lowest BCUT2D eigenvalue weighted by Gasteiger charge is -2.08. The van der Waals surface area contributed by atoms with Crippen LogP contribution in [-0.4, -0.2) is 12.5 Å². The van der Waals surface area contributed by atoms with Crippen molar-refractivity contribution in [3.8, 4) is 5.75 Å². The van der Waals surface area contributed by atoms with E-state index >= 15 is 0 Å². The van der Waals surface area contributed by atoms with Crippen LogP contribution in [0.4, 0.5) is 5.69 Å². The lowest BCUT2D eigenvalue weighted by atomic mass is 10.2. The molecule has 0 fully saturated rings.